The zero-order chi connectivity index (χ0) is 19.6. The van der Waals surface area contributed by atoms with Gasteiger partial charge in [-0.2, -0.15) is 0 Å². The third-order valence-corrected chi connectivity index (χ3v) is 4.91. The lowest BCUT2D eigenvalue weighted by molar-refractivity contribution is -0.144. The summed E-state index contributed by atoms with van der Waals surface area (Å²) in [5.74, 6) is 0.437. The van der Waals surface area contributed by atoms with Crippen LogP contribution in [-0.2, 0) is 22.6 Å². The molecule has 2 aromatic rings. The standard InChI is InChI=1S/C24H33NO2/c1-19(2)13-14-24(26)27-16-15-25(17-22-11-7-5-9-20(22)3)18-23-12-8-6-10-21(23)4/h5-12,19H,13-18H2,1-4H3. The van der Waals surface area contributed by atoms with E-state index in [0.29, 0.717) is 18.9 Å². The van der Waals surface area contributed by atoms with Crippen LogP contribution < -0.4 is 0 Å². The molecule has 146 valence electrons. The highest BCUT2D eigenvalue weighted by molar-refractivity contribution is 5.69. The fraction of sp³-hybridized carbons (Fsp3) is 0.458. The average molecular weight is 368 g/mol. The van der Waals surface area contributed by atoms with E-state index in [9.17, 15) is 4.79 Å². The molecule has 27 heavy (non-hydrogen) atoms. The second kappa shape index (κ2) is 10.9. The van der Waals surface area contributed by atoms with Crippen molar-refractivity contribution in [2.75, 3.05) is 13.2 Å². The van der Waals surface area contributed by atoms with Gasteiger partial charge in [-0.3, -0.25) is 9.69 Å². The van der Waals surface area contributed by atoms with E-state index >= 15 is 0 Å². The predicted molar refractivity (Wildman–Crippen MR) is 112 cm³/mol. The van der Waals surface area contributed by atoms with Crippen LogP contribution in [0.15, 0.2) is 48.5 Å². The Bertz CT molecular complexity index is 676. The fourth-order valence-corrected chi connectivity index (χ4v) is 3.04. The zero-order valence-electron chi connectivity index (χ0n) is 17.2. The van der Waals surface area contributed by atoms with Gasteiger partial charge in [-0.05, 0) is 48.4 Å². The molecule has 0 amide bonds. The molecule has 0 aliphatic carbocycles. The molecule has 3 heteroatoms. The maximum atomic E-state index is 11.9. The van der Waals surface area contributed by atoms with Crippen LogP contribution in [0, 0.1) is 19.8 Å². The SMILES string of the molecule is Cc1ccccc1CN(CCOC(=O)CCC(C)C)Cc1ccccc1C. The second-order valence-electron chi connectivity index (χ2n) is 7.72. The first-order valence-corrected chi connectivity index (χ1v) is 9.92. The molecule has 0 aliphatic heterocycles. The number of hydrogen-bond acceptors (Lipinski definition) is 3. The number of aryl methyl sites for hydroxylation is 2. The van der Waals surface area contributed by atoms with E-state index < -0.39 is 0 Å². The molecule has 3 nitrogen and oxygen atoms in total. The molecule has 0 radical (unpaired) electrons. The molecule has 0 bridgehead atoms. The molecular formula is C24H33NO2. The van der Waals surface area contributed by atoms with Gasteiger partial charge in [0.25, 0.3) is 0 Å². The summed E-state index contributed by atoms with van der Waals surface area (Å²) in [6, 6.07) is 17.0. The Morgan fingerprint density at radius 3 is 1.93 bits per heavy atom. The quantitative estimate of drug-likeness (QED) is 0.535. The first-order chi connectivity index (χ1) is 13.0. The second-order valence-corrected chi connectivity index (χ2v) is 7.72. The van der Waals surface area contributed by atoms with Crippen molar-refractivity contribution in [1.82, 2.24) is 4.90 Å². The smallest absolute Gasteiger partial charge is 0.305 e. The highest BCUT2D eigenvalue weighted by Gasteiger charge is 2.12. The van der Waals surface area contributed by atoms with Gasteiger partial charge in [0, 0.05) is 26.1 Å². The van der Waals surface area contributed by atoms with Gasteiger partial charge in [-0.25, -0.2) is 0 Å². The number of benzene rings is 2. The number of nitrogens with zero attached hydrogens (tertiary/aromatic N) is 1. The molecular weight excluding hydrogens is 334 g/mol. The lowest BCUT2D eigenvalue weighted by Crippen LogP contribution is -2.28. The van der Waals surface area contributed by atoms with Crippen LogP contribution in [0.3, 0.4) is 0 Å². The fourth-order valence-electron chi connectivity index (χ4n) is 3.04. The molecule has 0 N–H and O–H groups in total. The summed E-state index contributed by atoms with van der Waals surface area (Å²) >= 11 is 0. The maximum Gasteiger partial charge on any atom is 0.305 e. The summed E-state index contributed by atoms with van der Waals surface area (Å²) < 4.78 is 5.48. The van der Waals surface area contributed by atoms with Gasteiger partial charge in [0.15, 0.2) is 0 Å². The first kappa shape index (κ1) is 21.2. The number of ether oxygens (including phenoxy) is 1. The van der Waals surface area contributed by atoms with Crippen molar-refractivity contribution in [2.24, 2.45) is 5.92 Å². The zero-order valence-corrected chi connectivity index (χ0v) is 17.2. The van der Waals surface area contributed by atoms with Gasteiger partial charge in [0.1, 0.15) is 6.61 Å². The number of esters is 1. The minimum Gasteiger partial charge on any atom is -0.464 e. The molecule has 0 aliphatic rings. The summed E-state index contributed by atoms with van der Waals surface area (Å²) in [5.41, 5.74) is 5.22. The van der Waals surface area contributed by atoms with Crippen molar-refractivity contribution >= 4 is 5.97 Å². The molecule has 0 saturated carbocycles. The van der Waals surface area contributed by atoms with E-state index in [4.69, 9.17) is 4.74 Å². The summed E-state index contributed by atoms with van der Waals surface area (Å²) in [6.07, 6.45) is 1.39. The number of hydrogen-bond donors (Lipinski definition) is 0. The Kier molecular flexibility index (Phi) is 8.53. The minimum absolute atomic E-state index is 0.0876. The van der Waals surface area contributed by atoms with Crippen LogP contribution >= 0.6 is 0 Å². The summed E-state index contributed by atoms with van der Waals surface area (Å²) in [6.45, 7) is 11.4. The Morgan fingerprint density at radius 1 is 0.926 bits per heavy atom. The van der Waals surface area contributed by atoms with E-state index in [1.165, 1.54) is 22.3 Å². The van der Waals surface area contributed by atoms with Gasteiger partial charge in [-0.15, -0.1) is 0 Å². The number of rotatable bonds is 10. The third-order valence-electron chi connectivity index (χ3n) is 4.91. The summed E-state index contributed by atoms with van der Waals surface area (Å²) in [5, 5.41) is 0. The van der Waals surface area contributed by atoms with Crippen LogP contribution in [-0.4, -0.2) is 24.0 Å². The maximum absolute atomic E-state index is 11.9. The van der Waals surface area contributed by atoms with Gasteiger partial charge in [-0.1, -0.05) is 62.4 Å². The van der Waals surface area contributed by atoms with Crippen LogP contribution in [0.2, 0.25) is 0 Å². The molecule has 2 aromatic carbocycles. The van der Waals surface area contributed by atoms with Crippen molar-refractivity contribution in [3.8, 4) is 0 Å². The van der Waals surface area contributed by atoms with Crippen LogP contribution in [0.25, 0.3) is 0 Å². The van der Waals surface area contributed by atoms with Crippen molar-refractivity contribution in [3.63, 3.8) is 0 Å². The van der Waals surface area contributed by atoms with Crippen molar-refractivity contribution in [1.29, 1.82) is 0 Å². The highest BCUT2D eigenvalue weighted by atomic mass is 16.5. The molecule has 0 saturated heterocycles. The Balaban J connectivity index is 1.98. The van der Waals surface area contributed by atoms with Crippen LogP contribution in [0.1, 0.15) is 48.9 Å². The average Bonchev–Trinajstić information content (AvgIpc) is 2.63. The lowest BCUT2D eigenvalue weighted by Gasteiger charge is -2.24. The number of carbonyl (C=O) groups excluding carboxylic acids is 1. The first-order valence-electron chi connectivity index (χ1n) is 9.92. The van der Waals surface area contributed by atoms with Gasteiger partial charge < -0.3 is 4.74 Å². The summed E-state index contributed by atoms with van der Waals surface area (Å²) in [7, 11) is 0. The van der Waals surface area contributed by atoms with Gasteiger partial charge in [0.05, 0.1) is 0 Å². The van der Waals surface area contributed by atoms with E-state index in [0.717, 1.165) is 26.1 Å². The largest absolute Gasteiger partial charge is 0.464 e. The van der Waals surface area contributed by atoms with Crippen LogP contribution in [0.5, 0.6) is 0 Å². The highest BCUT2D eigenvalue weighted by Crippen LogP contribution is 2.15. The lowest BCUT2D eigenvalue weighted by atomic mass is 10.1. The molecule has 0 unspecified atom stereocenters. The van der Waals surface area contributed by atoms with Gasteiger partial charge >= 0.3 is 5.97 Å². The van der Waals surface area contributed by atoms with Crippen molar-refractivity contribution in [2.45, 2.75) is 53.6 Å². The van der Waals surface area contributed by atoms with E-state index in [1.54, 1.807) is 0 Å². The third kappa shape index (κ3) is 7.56. The monoisotopic (exact) mass is 367 g/mol. The Hall–Kier alpha value is -2.13. The van der Waals surface area contributed by atoms with Crippen molar-refractivity contribution in [3.05, 3.63) is 70.8 Å². The predicted octanol–water partition coefficient (Wildman–Crippen LogP) is 5.29. The normalized spacial score (nSPS) is 11.2. The van der Waals surface area contributed by atoms with E-state index in [1.807, 2.05) is 0 Å². The van der Waals surface area contributed by atoms with Crippen LogP contribution in [0.4, 0.5) is 0 Å². The van der Waals surface area contributed by atoms with Crippen molar-refractivity contribution < 1.29 is 9.53 Å². The van der Waals surface area contributed by atoms with Gasteiger partial charge in [0.2, 0.25) is 0 Å². The molecule has 0 fully saturated rings. The number of carbonyl (C=O) groups is 1. The molecule has 0 atom stereocenters. The topological polar surface area (TPSA) is 29.5 Å². The molecule has 0 aromatic heterocycles. The summed E-state index contributed by atoms with van der Waals surface area (Å²) in [4.78, 5) is 14.3. The molecule has 2 rings (SSSR count). The molecule has 0 heterocycles. The van der Waals surface area contributed by atoms with E-state index in [-0.39, 0.29) is 5.97 Å². The molecule has 0 spiro atoms. The Morgan fingerprint density at radius 2 is 1.44 bits per heavy atom. The Labute approximate surface area is 164 Å². The minimum atomic E-state index is -0.0876. The van der Waals surface area contributed by atoms with E-state index in [2.05, 4.69) is 81.1 Å².